The van der Waals surface area contributed by atoms with E-state index in [9.17, 15) is 4.57 Å². The summed E-state index contributed by atoms with van der Waals surface area (Å²) in [6.45, 7) is 8.25. The molecular weight excluding hydrogens is 433 g/mol. The molecule has 0 fully saturated rings. The third kappa shape index (κ3) is 16.5. The molecule has 0 radical (unpaired) electrons. The molecule has 2 rings (SSSR count). The summed E-state index contributed by atoms with van der Waals surface area (Å²) in [6, 6.07) is 19.6. The molecule has 3 nitrogen and oxygen atoms in total. The average Bonchev–Trinajstić information content (AvgIpc) is 2.72. The summed E-state index contributed by atoms with van der Waals surface area (Å²) < 4.78 is 22.6. The van der Waals surface area contributed by atoms with Gasteiger partial charge in [0, 0.05) is 11.8 Å². The molecule has 0 aromatic heterocycles. The molecule has 28 heavy (non-hydrogen) atoms. The first-order valence-electron chi connectivity index (χ1n) is 9.20. The predicted octanol–water partition coefficient (Wildman–Crippen LogP) is 7.61. The maximum absolute atomic E-state index is 12.1. The van der Waals surface area contributed by atoms with Gasteiger partial charge in [-0.15, -0.1) is 32.4 Å². The third-order valence-electron chi connectivity index (χ3n) is 2.87. The molecule has 0 amide bonds. The largest absolute Gasteiger partial charge is 0.335 e. The highest BCUT2D eigenvalue weighted by Crippen LogP contribution is 2.51. The molecule has 0 aliphatic carbocycles. The van der Waals surface area contributed by atoms with E-state index in [2.05, 4.69) is 9.24 Å². The fourth-order valence-corrected chi connectivity index (χ4v) is 3.78. The van der Waals surface area contributed by atoms with E-state index in [0.29, 0.717) is 25.3 Å². The highest BCUT2D eigenvalue weighted by atomic mass is 35.5. The van der Waals surface area contributed by atoms with Crippen LogP contribution in [0.15, 0.2) is 60.7 Å². The lowest BCUT2D eigenvalue weighted by Gasteiger charge is -2.16. The van der Waals surface area contributed by atoms with Crippen LogP contribution in [0.1, 0.15) is 31.9 Å². The zero-order valence-corrected chi connectivity index (χ0v) is 20.9. The van der Waals surface area contributed by atoms with Crippen molar-refractivity contribution in [3.63, 3.8) is 0 Å². The second kappa shape index (κ2) is 21.3. The summed E-state index contributed by atoms with van der Waals surface area (Å²) in [6.07, 6.45) is 0.343. The minimum atomic E-state index is -2.94. The van der Waals surface area contributed by atoms with Crippen LogP contribution in [-0.4, -0.2) is 25.8 Å². The molecule has 0 aliphatic rings. The van der Waals surface area contributed by atoms with Crippen molar-refractivity contribution in [3.8, 4) is 0 Å². The van der Waals surface area contributed by atoms with Gasteiger partial charge in [0.25, 0.3) is 0 Å². The third-order valence-corrected chi connectivity index (χ3v) is 5.23. The van der Waals surface area contributed by atoms with Crippen LogP contribution in [0.25, 0.3) is 0 Å². The number of rotatable bonds is 7. The number of hydrogen-bond acceptors (Lipinski definition) is 3. The Bertz CT molecular complexity index is 589. The average molecular weight is 467 g/mol. The Morgan fingerprint density at radius 1 is 0.786 bits per heavy atom. The minimum Gasteiger partial charge on any atom is -0.309 e. The fourth-order valence-electron chi connectivity index (χ4n) is 1.90. The first-order valence-corrected chi connectivity index (χ1v) is 13.2. The van der Waals surface area contributed by atoms with E-state index >= 15 is 0 Å². The molecule has 160 valence electrons. The lowest BCUT2D eigenvalue weighted by atomic mass is 10.2. The molecule has 0 spiro atoms. The molecule has 0 heterocycles. The normalized spacial score (nSPS) is 9.68. The van der Waals surface area contributed by atoms with Gasteiger partial charge in [-0.05, 0) is 25.0 Å². The van der Waals surface area contributed by atoms with E-state index in [1.165, 1.54) is 5.56 Å². The van der Waals surface area contributed by atoms with E-state index in [-0.39, 0.29) is 0 Å². The van der Waals surface area contributed by atoms with E-state index in [1.807, 2.05) is 88.1 Å². The zero-order valence-electron chi connectivity index (χ0n) is 17.3. The van der Waals surface area contributed by atoms with E-state index in [1.54, 1.807) is 0 Å². The summed E-state index contributed by atoms with van der Waals surface area (Å²) in [5, 5.41) is 0. The second-order valence-electron chi connectivity index (χ2n) is 4.98. The van der Waals surface area contributed by atoms with Crippen LogP contribution < -0.4 is 0 Å². The van der Waals surface area contributed by atoms with Crippen molar-refractivity contribution in [1.29, 1.82) is 0 Å². The van der Waals surface area contributed by atoms with Crippen molar-refractivity contribution in [2.45, 2.75) is 32.8 Å². The summed E-state index contributed by atoms with van der Waals surface area (Å²) in [4.78, 5) is 0. The van der Waals surface area contributed by atoms with Crippen LogP contribution in [0.2, 0.25) is 0 Å². The van der Waals surface area contributed by atoms with Gasteiger partial charge in [-0.2, -0.15) is 0 Å². The van der Waals surface area contributed by atoms with Crippen LogP contribution in [0.3, 0.4) is 0 Å². The number of halogens is 2. The van der Waals surface area contributed by atoms with Crippen LogP contribution in [0, 0.1) is 0 Å². The van der Waals surface area contributed by atoms with Crippen molar-refractivity contribution in [2.24, 2.45) is 0 Å². The molecule has 2 aromatic rings. The molecule has 1 unspecified atom stereocenters. The Balaban J connectivity index is 0. The number of alkyl halides is 2. The Labute approximate surface area is 183 Å². The van der Waals surface area contributed by atoms with Gasteiger partial charge in [0.15, 0.2) is 0 Å². The maximum atomic E-state index is 12.1. The highest BCUT2D eigenvalue weighted by Gasteiger charge is 2.23. The molecule has 2 aromatic carbocycles. The monoisotopic (exact) mass is 466 g/mol. The topological polar surface area (TPSA) is 35.5 Å². The van der Waals surface area contributed by atoms with E-state index in [0.717, 1.165) is 11.4 Å². The Morgan fingerprint density at radius 3 is 1.43 bits per heavy atom. The lowest BCUT2D eigenvalue weighted by molar-refractivity contribution is 0.219. The molecular formula is C21H34Cl2O3P2. The van der Waals surface area contributed by atoms with Gasteiger partial charge in [0.1, 0.15) is 0 Å². The Kier molecular flexibility index (Phi) is 22.7. The Morgan fingerprint density at radius 2 is 1.14 bits per heavy atom. The van der Waals surface area contributed by atoms with Crippen LogP contribution in [-0.2, 0) is 25.7 Å². The summed E-state index contributed by atoms with van der Waals surface area (Å²) >= 11 is 10.5. The molecule has 0 aliphatic heterocycles. The SMILES string of the molecule is CCCl.CCOP(=O)(Cc1ccccc1)OCC.CP.ClCc1ccccc1. The van der Waals surface area contributed by atoms with Gasteiger partial charge in [-0.25, -0.2) is 0 Å². The number of benzene rings is 2. The van der Waals surface area contributed by atoms with Crippen molar-refractivity contribution >= 4 is 40.0 Å². The quantitative estimate of drug-likeness (QED) is 0.311. The molecule has 0 N–H and O–H groups in total. The second-order valence-corrected chi connectivity index (χ2v) is 7.83. The van der Waals surface area contributed by atoms with Gasteiger partial charge < -0.3 is 9.05 Å². The van der Waals surface area contributed by atoms with Crippen LogP contribution in [0.4, 0.5) is 0 Å². The smallest absolute Gasteiger partial charge is 0.309 e. The predicted molar refractivity (Wildman–Crippen MR) is 129 cm³/mol. The van der Waals surface area contributed by atoms with Gasteiger partial charge >= 0.3 is 7.60 Å². The van der Waals surface area contributed by atoms with E-state index in [4.69, 9.17) is 32.2 Å². The maximum Gasteiger partial charge on any atom is 0.335 e. The minimum absolute atomic E-state index is 0.343. The first-order chi connectivity index (χ1) is 13.5. The van der Waals surface area contributed by atoms with Crippen LogP contribution >= 0.6 is 40.0 Å². The van der Waals surface area contributed by atoms with Crippen LogP contribution in [0.5, 0.6) is 0 Å². The molecule has 0 bridgehead atoms. The fraction of sp³-hybridized carbons (Fsp3) is 0.429. The van der Waals surface area contributed by atoms with Gasteiger partial charge in [0.2, 0.25) is 0 Å². The molecule has 0 saturated carbocycles. The zero-order chi connectivity index (χ0) is 21.7. The van der Waals surface area contributed by atoms with Crippen molar-refractivity contribution in [2.75, 3.05) is 25.8 Å². The lowest BCUT2D eigenvalue weighted by Crippen LogP contribution is -1.98. The van der Waals surface area contributed by atoms with Gasteiger partial charge in [0.05, 0.1) is 19.4 Å². The number of hydrogen-bond donors (Lipinski definition) is 0. The first kappa shape index (κ1) is 29.8. The Hall–Kier alpha value is -0.400. The molecule has 1 atom stereocenters. The van der Waals surface area contributed by atoms with Gasteiger partial charge in [-0.1, -0.05) is 74.3 Å². The van der Waals surface area contributed by atoms with Gasteiger partial charge in [-0.3, -0.25) is 4.57 Å². The molecule has 0 saturated heterocycles. The van der Waals surface area contributed by atoms with Crippen molar-refractivity contribution in [1.82, 2.24) is 0 Å². The molecule has 7 heteroatoms. The summed E-state index contributed by atoms with van der Waals surface area (Å²) in [7, 11) is -0.525. The van der Waals surface area contributed by atoms with Crippen molar-refractivity contribution in [3.05, 3.63) is 71.8 Å². The summed E-state index contributed by atoms with van der Waals surface area (Å²) in [5.74, 6) is 1.33. The standard InChI is InChI=1S/C11H17O3P.C7H7Cl.C2H5Cl.CH5P/c1-3-13-15(12,14-4-2)10-11-8-6-5-7-9-11;8-6-7-4-2-1-3-5-7;1-2-3;1-2/h5-9H,3-4,10H2,1-2H3;1-5H,6H2;2H2,1H3;2H2,1H3. The van der Waals surface area contributed by atoms with E-state index < -0.39 is 7.60 Å². The summed E-state index contributed by atoms with van der Waals surface area (Å²) in [5.41, 5.74) is 2.15. The highest BCUT2D eigenvalue weighted by molar-refractivity contribution is 7.53. The van der Waals surface area contributed by atoms with Crippen molar-refractivity contribution < 1.29 is 13.6 Å².